The molecule has 1 fully saturated rings. The van der Waals surface area contributed by atoms with Gasteiger partial charge in [-0.15, -0.1) is 0 Å². The van der Waals surface area contributed by atoms with E-state index in [1.54, 1.807) is 11.0 Å². The highest BCUT2D eigenvalue weighted by Gasteiger charge is 2.31. The van der Waals surface area contributed by atoms with Gasteiger partial charge < -0.3 is 19.4 Å². The maximum Gasteiger partial charge on any atom is 0.266 e. The summed E-state index contributed by atoms with van der Waals surface area (Å²) in [6.07, 6.45) is 3.81. The quantitative estimate of drug-likeness (QED) is 0.399. The first kappa shape index (κ1) is 18.7. The van der Waals surface area contributed by atoms with Crippen LogP contribution in [-0.2, 0) is 9.59 Å². The molecule has 1 amide bonds. The molecule has 138 valence electrons. The Bertz CT molecular complexity index is 762. The Labute approximate surface area is 161 Å². The summed E-state index contributed by atoms with van der Waals surface area (Å²) in [7, 11) is 0. The number of amides is 1. The maximum absolute atomic E-state index is 12.6. The molecule has 6 nitrogen and oxygen atoms in total. The Morgan fingerprint density at radius 1 is 1.23 bits per heavy atom. The second kappa shape index (κ2) is 8.55. The van der Waals surface area contributed by atoms with Crippen molar-refractivity contribution < 1.29 is 24.2 Å². The molecule has 2 heterocycles. The Balaban J connectivity index is 1.61. The Kier molecular flexibility index (Phi) is 6.16. The van der Waals surface area contributed by atoms with Gasteiger partial charge in [-0.1, -0.05) is 36.5 Å². The lowest BCUT2D eigenvalue weighted by Crippen LogP contribution is -2.29. The number of benzene rings is 1. The molecule has 1 aromatic carbocycles. The van der Waals surface area contributed by atoms with Crippen LogP contribution in [0.1, 0.15) is 31.2 Å². The molecule has 0 bridgehead atoms. The normalized spacial score (nSPS) is 17.8. The number of unbranched alkanes of at least 4 members (excludes halogenated alkanes) is 2. The first-order valence-electron chi connectivity index (χ1n) is 8.39. The molecule has 0 aliphatic carbocycles. The molecule has 0 saturated carbocycles. The number of carbonyl (C=O) groups is 2. The molecule has 0 unspecified atom stereocenters. The number of aliphatic carboxylic acids is 1. The molecule has 0 radical (unpaired) electrons. The largest absolute Gasteiger partial charge is 0.550 e. The van der Waals surface area contributed by atoms with Gasteiger partial charge in [0, 0.05) is 12.5 Å². The molecule has 0 N–H and O–H groups in total. The number of carboxylic acids is 1. The number of carboxylic acid groups (broad SMARTS) is 1. The van der Waals surface area contributed by atoms with E-state index in [2.05, 4.69) is 0 Å². The van der Waals surface area contributed by atoms with E-state index in [1.807, 2.05) is 18.2 Å². The lowest BCUT2D eigenvalue weighted by Gasteiger charge is -2.18. The van der Waals surface area contributed by atoms with Crippen LogP contribution in [0.3, 0.4) is 0 Å². The topological polar surface area (TPSA) is 78.9 Å². The number of ether oxygens (including phenoxy) is 2. The Morgan fingerprint density at radius 2 is 2.00 bits per heavy atom. The number of hydrogen-bond acceptors (Lipinski definition) is 7. The molecule has 8 heteroatoms. The highest BCUT2D eigenvalue weighted by molar-refractivity contribution is 8.26. The third kappa shape index (κ3) is 4.56. The fourth-order valence-corrected chi connectivity index (χ4v) is 4.02. The molecule has 0 spiro atoms. The van der Waals surface area contributed by atoms with Crippen molar-refractivity contribution in [3.8, 4) is 11.5 Å². The fraction of sp³-hybridized carbons (Fsp3) is 0.389. The molecular weight excluding hydrogens is 374 g/mol. The van der Waals surface area contributed by atoms with Crippen molar-refractivity contribution in [3.63, 3.8) is 0 Å². The lowest BCUT2D eigenvalue weighted by molar-refractivity contribution is -0.305. The van der Waals surface area contributed by atoms with Crippen LogP contribution in [0.25, 0.3) is 6.08 Å². The average Bonchev–Trinajstić information content (AvgIpc) is 2.88. The summed E-state index contributed by atoms with van der Waals surface area (Å²) in [4.78, 5) is 25.1. The summed E-state index contributed by atoms with van der Waals surface area (Å²) < 4.78 is 11.6. The third-order valence-corrected chi connectivity index (χ3v) is 5.38. The van der Waals surface area contributed by atoms with Gasteiger partial charge in [0.25, 0.3) is 5.91 Å². The molecular formula is C18H18NO5S2-. The van der Waals surface area contributed by atoms with Crippen molar-refractivity contribution in [3.05, 3.63) is 28.7 Å². The maximum atomic E-state index is 12.6. The van der Waals surface area contributed by atoms with Gasteiger partial charge in [0.1, 0.15) is 17.5 Å². The van der Waals surface area contributed by atoms with Gasteiger partial charge in [-0.05, 0) is 43.0 Å². The number of nitrogens with zero attached hydrogens (tertiary/aromatic N) is 1. The molecule has 2 aliphatic rings. The van der Waals surface area contributed by atoms with Crippen LogP contribution in [0, 0.1) is 0 Å². The Morgan fingerprint density at radius 3 is 2.77 bits per heavy atom. The van der Waals surface area contributed by atoms with E-state index in [9.17, 15) is 14.7 Å². The Hall–Kier alpha value is -2.06. The van der Waals surface area contributed by atoms with Crippen LogP contribution in [0.5, 0.6) is 11.5 Å². The van der Waals surface area contributed by atoms with E-state index in [-0.39, 0.29) is 12.3 Å². The van der Waals surface area contributed by atoms with Crippen molar-refractivity contribution >= 4 is 46.3 Å². The standard InChI is InChI=1S/C18H19NO5S2/c20-16(21)4-2-1-3-7-19-17(22)15(26-18(19)25)11-12-5-6-13-14(10-12)24-9-8-23-13/h5-6,10-11H,1-4,7-9H2,(H,20,21)/p-1/b15-11-. The molecule has 1 aromatic rings. The number of carbonyl (C=O) groups excluding carboxylic acids is 2. The van der Waals surface area contributed by atoms with Gasteiger partial charge in [0.15, 0.2) is 11.5 Å². The summed E-state index contributed by atoms with van der Waals surface area (Å²) >= 11 is 6.58. The number of hydrogen-bond donors (Lipinski definition) is 0. The van der Waals surface area contributed by atoms with E-state index in [4.69, 9.17) is 21.7 Å². The summed E-state index contributed by atoms with van der Waals surface area (Å²) in [5.74, 6) is 0.221. The minimum absolute atomic E-state index is 0.0441. The van der Waals surface area contributed by atoms with Gasteiger partial charge in [-0.3, -0.25) is 9.69 Å². The zero-order chi connectivity index (χ0) is 18.5. The van der Waals surface area contributed by atoms with Crippen molar-refractivity contribution in [2.45, 2.75) is 25.7 Å². The van der Waals surface area contributed by atoms with Gasteiger partial charge in [0.05, 0.1) is 4.91 Å². The number of thioether (sulfide) groups is 1. The van der Waals surface area contributed by atoms with Gasteiger partial charge >= 0.3 is 0 Å². The van der Waals surface area contributed by atoms with Crippen LogP contribution >= 0.6 is 24.0 Å². The molecule has 0 aromatic heterocycles. The number of rotatable bonds is 7. The van der Waals surface area contributed by atoms with Gasteiger partial charge in [-0.2, -0.15) is 0 Å². The van der Waals surface area contributed by atoms with Crippen LogP contribution in [-0.4, -0.2) is 40.9 Å². The van der Waals surface area contributed by atoms with Crippen LogP contribution in [0.4, 0.5) is 0 Å². The minimum atomic E-state index is -1.04. The predicted octanol–water partition coefficient (Wildman–Crippen LogP) is 1.97. The fourth-order valence-electron chi connectivity index (χ4n) is 2.71. The second-order valence-corrected chi connectivity index (χ2v) is 7.59. The predicted molar refractivity (Wildman–Crippen MR) is 101 cm³/mol. The molecule has 3 rings (SSSR count). The van der Waals surface area contributed by atoms with E-state index < -0.39 is 5.97 Å². The van der Waals surface area contributed by atoms with E-state index in [0.717, 1.165) is 5.56 Å². The lowest BCUT2D eigenvalue weighted by atomic mass is 10.1. The zero-order valence-electron chi connectivity index (χ0n) is 14.1. The van der Waals surface area contributed by atoms with E-state index >= 15 is 0 Å². The third-order valence-electron chi connectivity index (χ3n) is 4.00. The molecule has 1 saturated heterocycles. The number of thiocarbonyl (C=S) groups is 1. The highest BCUT2D eigenvalue weighted by atomic mass is 32.2. The van der Waals surface area contributed by atoms with Crippen molar-refractivity contribution in [2.75, 3.05) is 19.8 Å². The smallest absolute Gasteiger partial charge is 0.266 e. The van der Waals surface area contributed by atoms with Crippen LogP contribution in [0.2, 0.25) is 0 Å². The SMILES string of the molecule is O=C([O-])CCCCCN1C(=O)/C(=C/c2ccc3c(c2)OCCO3)SC1=S. The first-order valence-corrected chi connectivity index (χ1v) is 9.62. The van der Waals surface area contributed by atoms with Gasteiger partial charge in [0.2, 0.25) is 0 Å². The molecule has 2 aliphatic heterocycles. The monoisotopic (exact) mass is 392 g/mol. The zero-order valence-corrected chi connectivity index (χ0v) is 15.7. The summed E-state index contributed by atoms with van der Waals surface area (Å²) in [5, 5.41) is 10.4. The van der Waals surface area contributed by atoms with Crippen molar-refractivity contribution in [2.24, 2.45) is 0 Å². The summed E-state index contributed by atoms with van der Waals surface area (Å²) in [6, 6.07) is 5.55. The van der Waals surface area contributed by atoms with Gasteiger partial charge in [-0.25, -0.2) is 0 Å². The summed E-state index contributed by atoms with van der Waals surface area (Å²) in [5.41, 5.74) is 0.851. The van der Waals surface area contributed by atoms with Crippen molar-refractivity contribution in [1.82, 2.24) is 4.90 Å². The second-order valence-electron chi connectivity index (χ2n) is 5.92. The molecule has 26 heavy (non-hydrogen) atoms. The first-order chi connectivity index (χ1) is 12.5. The highest BCUT2D eigenvalue weighted by Crippen LogP contribution is 2.35. The van der Waals surface area contributed by atoms with Crippen molar-refractivity contribution in [1.29, 1.82) is 0 Å². The minimum Gasteiger partial charge on any atom is -0.550 e. The number of fused-ring (bicyclic) bond motifs is 1. The summed E-state index contributed by atoms with van der Waals surface area (Å²) in [6.45, 7) is 1.54. The van der Waals surface area contributed by atoms with Crippen LogP contribution < -0.4 is 14.6 Å². The van der Waals surface area contributed by atoms with Crippen LogP contribution in [0.15, 0.2) is 23.1 Å². The molecule has 0 atom stereocenters. The average molecular weight is 392 g/mol. The van der Waals surface area contributed by atoms with E-state index in [1.165, 1.54) is 11.8 Å². The van der Waals surface area contributed by atoms with E-state index in [0.29, 0.717) is 59.7 Å².